The Bertz CT molecular complexity index is 554. The molecule has 108 valence electrons. The molecular formula is C15H22N4S. The lowest BCUT2D eigenvalue weighted by molar-refractivity contribution is 0.542. The summed E-state index contributed by atoms with van der Waals surface area (Å²) in [5.41, 5.74) is 3.25. The van der Waals surface area contributed by atoms with Crippen molar-refractivity contribution in [3.05, 3.63) is 40.2 Å². The van der Waals surface area contributed by atoms with Crippen molar-refractivity contribution in [3.63, 3.8) is 0 Å². The third kappa shape index (κ3) is 3.22. The third-order valence-electron chi connectivity index (χ3n) is 3.16. The molecule has 4 nitrogen and oxygen atoms in total. The van der Waals surface area contributed by atoms with Crippen molar-refractivity contribution in [2.75, 3.05) is 6.54 Å². The number of nitrogens with zero attached hydrogens (tertiary/aromatic N) is 3. The van der Waals surface area contributed by atoms with Crippen LogP contribution in [0.3, 0.4) is 0 Å². The van der Waals surface area contributed by atoms with Gasteiger partial charge in [0, 0.05) is 17.3 Å². The van der Waals surface area contributed by atoms with E-state index in [9.17, 15) is 0 Å². The van der Waals surface area contributed by atoms with Crippen molar-refractivity contribution in [1.29, 1.82) is 0 Å². The lowest BCUT2D eigenvalue weighted by Gasteiger charge is -2.22. The van der Waals surface area contributed by atoms with Gasteiger partial charge in [-0.3, -0.25) is 4.98 Å². The van der Waals surface area contributed by atoms with Crippen molar-refractivity contribution in [1.82, 2.24) is 19.9 Å². The van der Waals surface area contributed by atoms with Crippen molar-refractivity contribution in [2.45, 2.75) is 46.1 Å². The van der Waals surface area contributed by atoms with Crippen LogP contribution in [0.5, 0.6) is 0 Å². The normalized spacial score (nSPS) is 13.4. The second-order valence-electron chi connectivity index (χ2n) is 5.96. The highest BCUT2D eigenvalue weighted by Gasteiger charge is 2.27. The monoisotopic (exact) mass is 290 g/mol. The lowest BCUT2D eigenvalue weighted by Crippen LogP contribution is -2.25. The first kappa shape index (κ1) is 15.1. The maximum absolute atomic E-state index is 4.41. The molecule has 0 amide bonds. The molecule has 0 aromatic carbocycles. The highest BCUT2D eigenvalue weighted by atomic mass is 32.1. The number of hydrogen-bond donors (Lipinski definition) is 1. The smallest absolute Gasteiger partial charge is 0.0860 e. The first-order valence-corrected chi connectivity index (χ1v) is 7.69. The van der Waals surface area contributed by atoms with E-state index in [4.69, 9.17) is 0 Å². The first-order chi connectivity index (χ1) is 9.43. The molecule has 1 unspecified atom stereocenters. The molecule has 0 spiro atoms. The molecule has 2 rings (SSSR count). The van der Waals surface area contributed by atoms with Gasteiger partial charge < -0.3 is 5.32 Å². The van der Waals surface area contributed by atoms with Crippen molar-refractivity contribution in [2.24, 2.45) is 0 Å². The maximum atomic E-state index is 4.41. The molecule has 0 saturated carbocycles. The van der Waals surface area contributed by atoms with Crippen LogP contribution >= 0.6 is 11.5 Å². The Hall–Kier alpha value is -1.33. The molecule has 0 saturated heterocycles. The van der Waals surface area contributed by atoms with E-state index in [-0.39, 0.29) is 11.5 Å². The minimum absolute atomic E-state index is 0.00582. The molecule has 0 aliphatic carbocycles. The molecule has 5 heteroatoms. The number of pyridine rings is 1. The van der Waals surface area contributed by atoms with E-state index in [0.29, 0.717) is 0 Å². The van der Waals surface area contributed by atoms with Gasteiger partial charge in [0.25, 0.3) is 0 Å². The molecule has 2 aromatic heterocycles. The number of aryl methyl sites for hydroxylation is 1. The zero-order valence-electron chi connectivity index (χ0n) is 12.8. The second-order valence-corrected chi connectivity index (χ2v) is 6.75. The maximum Gasteiger partial charge on any atom is 0.0860 e. The summed E-state index contributed by atoms with van der Waals surface area (Å²) in [6.07, 6.45) is 1.94. The van der Waals surface area contributed by atoms with Crippen LogP contribution in [0, 0.1) is 6.92 Å². The van der Waals surface area contributed by atoms with Gasteiger partial charge in [-0.15, -0.1) is 5.10 Å². The summed E-state index contributed by atoms with van der Waals surface area (Å²) in [4.78, 5) is 5.59. The fourth-order valence-corrected chi connectivity index (χ4v) is 3.09. The van der Waals surface area contributed by atoms with Gasteiger partial charge in [-0.05, 0) is 36.6 Å². The SMILES string of the molecule is CCNC(c1ccc(C)nc1)c1snnc1C(C)(C)C. The predicted molar refractivity (Wildman–Crippen MR) is 83.1 cm³/mol. The predicted octanol–water partition coefficient (Wildman–Crippen LogP) is 3.24. The molecule has 1 atom stereocenters. The lowest BCUT2D eigenvalue weighted by atomic mass is 9.89. The fraction of sp³-hybridized carbons (Fsp3) is 0.533. The minimum Gasteiger partial charge on any atom is -0.306 e. The molecule has 0 aliphatic heterocycles. The summed E-state index contributed by atoms with van der Waals surface area (Å²) in [6.45, 7) is 11.5. The number of rotatable bonds is 4. The van der Waals surface area contributed by atoms with Gasteiger partial charge in [-0.1, -0.05) is 38.2 Å². The summed E-state index contributed by atoms with van der Waals surface area (Å²) >= 11 is 1.47. The van der Waals surface area contributed by atoms with E-state index < -0.39 is 0 Å². The van der Waals surface area contributed by atoms with Crippen LogP contribution in [0.15, 0.2) is 18.3 Å². The molecule has 0 radical (unpaired) electrons. The zero-order chi connectivity index (χ0) is 14.8. The van der Waals surface area contributed by atoms with Gasteiger partial charge in [0.05, 0.1) is 16.6 Å². The molecule has 1 N–H and O–H groups in total. The Morgan fingerprint density at radius 1 is 1.30 bits per heavy atom. The second kappa shape index (κ2) is 5.97. The molecular weight excluding hydrogens is 268 g/mol. The molecule has 2 aromatic rings. The van der Waals surface area contributed by atoms with Crippen molar-refractivity contribution in [3.8, 4) is 0 Å². The Balaban J connectivity index is 2.44. The van der Waals surface area contributed by atoms with Crippen LogP contribution in [-0.4, -0.2) is 21.1 Å². The highest BCUT2D eigenvalue weighted by Crippen LogP contribution is 2.33. The van der Waals surface area contributed by atoms with E-state index >= 15 is 0 Å². The standard InChI is InChI=1S/C15H22N4S/c1-6-16-12(11-8-7-10(2)17-9-11)13-14(15(3,4)5)18-19-20-13/h7-9,12,16H,6H2,1-5H3. The van der Waals surface area contributed by atoms with Crippen LogP contribution < -0.4 is 5.32 Å². The summed E-state index contributed by atoms with van der Waals surface area (Å²) in [6, 6.07) is 4.29. The van der Waals surface area contributed by atoms with Gasteiger partial charge in [0.1, 0.15) is 0 Å². The molecule has 20 heavy (non-hydrogen) atoms. The average Bonchev–Trinajstić information content (AvgIpc) is 2.86. The minimum atomic E-state index is -0.00582. The molecule has 2 heterocycles. The van der Waals surface area contributed by atoms with E-state index in [0.717, 1.165) is 23.5 Å². The Labute approximate surface area is 124 Å². The van der Waals surface area contributed by atoms with Gasteiger partial charge >= 0.3 is 0 Å². The molecule has 0 fully saturated rings. The van der Waals surface area contributed by atoms with Gasteiger partial charge in [-0.2, -0.15) is 0 Å². The number of aromatic nitrogens is 3. The quantitative estimate of drug-likeness (QED) is 0.939. The summed E-state index contributed by atoms with van der Waals surface area (Å²) in [7, 11) is 0. The molecule has 0 aliphatic rings. The van der Waals surface area contributed by atoms with E-state index in [1.54, 1.807) is 0 Å². The van der Waals surface area contributed by atoms with E-state index in [1.807, 2.05) is 19.2 Å². The summed E-state index contributed by atoms with van der Waals surface area (Å²) in [5.74, 6) is 0. The topological polar surface area (TPSA) is 50.7 Å². The Morgan fingerprint density at radius 2 is 2.05 bits per heavy atom. The highest BCUT2D eigenvalue weighted by molar-refractivity contribution is 7.05. The summed E-state index contributed by atoms with van der Waals surface area (Å²) < 4.78 is 4.17. The first-order valence-electron chi connectivity index (χ1n) is 6.92. The largest absolute Gasteiger partial charge is 0.306 e. The zero-order valence-corrected chi connectivity index (χ0v) is 13.6. The van der Waals surface area contributed by atoms with Gasteiger partial charge in [0.15, 0.2) is 0 Å². The Morgan fingerprint density at radius 3 is 2.60 bits per heavy atom. The average molecular weight is 290 g/mol. The third-order valence-corrected chi connectivity index (χ3v) is 3.95. The van der Waals surface area contributed by atoms with Gasteiger partial charge in [-0.25, -0.2) is 0 Å². The van der Waals surface area contributed by atoms with E-state index in [2.05, 4.69) is 53.6 Å². The fourth-order valence-electron chi connectivity index (χ4n) is 2.12. The van der Waals surface area contributed by atoms with Crippen molar-refractivity contribution >= 4 is 11.5 Å². The van der Waals surface area contributed by atoms with Crippen LogP contribution in [0.25, 0.3) is 0 Å². The van der Waals surface area contributed by atoms with Crippen LogP contribution in [0.1, 0.15) is 55.6 Å². The van der Waals surface area contributed by atoms with Gasteiger partial charge in [0.2, 0.25) is 0 Å². The molecule has 0 bridgehead atoms. The summed E-state index contributed by atoms with van der Waals surface area (Å²) in [5, 5.41) is 7.87. The van der Waals surface area contributed by atoms with Crippen LogP contribution in [0.2, 0.25) is 0 Å². The van der Waals surface area contributed by atoms with Crippen LogP contribution in [-0.2, 0) is 5.41 Å². The van der Waals surface area contributed by atoms with E-state index in [1.165, 1.54) is 16.4 Å². The number of hydrogen-bond acceptors (Lipinski definition) is 5. The van der Waals surface area contributed by atoms with Crippen molar-refractivity contribution < 1.29 is 0 Å². The van der Waals surface area contributed by atoms with Crippen LogP contribution in [0.4, 0.5) is 0 Å². The number of nitrogens with one attached hydrogen (secondary N) is 1. The Kier molecular flexibility index (Phi) is 4.50.